The standard InChI is InChI=1S/C52H36N4.C3H8/c1-52(2)45-23-12-11-20-41(45)42-30-29-38(32-46(42)52)40-21-13-22-43-44-31-28-35-16-9-10-19-39(35)47(44)56(48(40)43)51-54-49(36-17-7-4-8-18-36)53-50(55-51)37-26-24-34(25-27-37)33-14-5-3-6-15-33;1-3-2/h3-32H,1-2H3;3H2,1-2H3. The van der Waals surface area contributed by atoms with Gasteiger partial charge in [-0.1, -0.05) is 210 Å². The van der Waals surface area contributed by atoms with Crippen LogP contribution in [-0.2, 0) is 5.41 Å². The second-order valence-corrected chi connectivity index (χ2v) is 16.0. The molecule has 59 heavy (non-hydrogen) atoms. The first-order chi connectivity index (χ1) is 28.9. The van der Waals surface area contributed by atoms with Crippen molar-refractivity contribution in [2.45, 2.75) is 39.5 Å². The second kappa shape index (κ2) is 14.6. The van der Waals surface area contributed by atoms with Crippen molar-refractivity contribution < 1.29 is 0 Å². The Bertz CT molecular complexity index is 3160. The predicted octanol–water partition coefficient (Wildman–Crippen LogP) is 14.5. The number of rotatable bonds is 5. The van der Waals surface area contributed by atoms with E-state index in [1.165, 1.54) is 34.2 Å². The van der Waals surface area contributed by atoms with Gasteiger partial charge in [0.2, 0.25) is 5.95 Å². The summed E-state index contributed by atoms with van der Waals surface area (Å²) in [5, 5.41) is 4.62. The normalized spacial score (nSPS) is 12.6. The molecule has 0 unspecified atom stereocenters. The molecule has 0 fully saturated rings. The van der Waals surface area contributed by atoms with E-state index in [1.807, 2.05) is 24.3 Å². The molecule has 4 nitrogen and oxygen atoms in total. The van der Waals surface area contributed by atoms with Crippen molar-refractivity contribution in [1.82, 2.24) is 19.5 Å². The molecule has 11 rings (SSSR count). The van der Waals surface area contributed by atoms with Gasteiger partial charge >= 0.3 is 0 Å². The van der Waals surface area contributed by atoms with Crippen LogP contribution >= 0.6 is 0 Å². The van der Waals surface area contributed by atoms with Crippen LogP contribution in [0.2, 0.25) is 0 Å². The molecule has 0 amide bonds. The monoisotopic (exact) mass is 760 g/mol. The molecule has 10 aromatic rings. The topological polar surface area (TPSA) is 43.6 Å². The van der Waals surface area contributed by atoms with Crippen LogP contribution in [0.25, 0.3) is 94.7 Å². The number of hydrogen-bond donors (Lipinski definition) is 0. The summed E-state index contributed by atoms with van der Waals surface area (Å²) in [6, 6.07) is 64.8. The second-order valence-electron chi connectivity index (χ2n) is 16.0. The zero-order valence-electron chi connectivity index (χ0n) is 33.8. The van der Waals surface area contributed by atoms with Crippen molar-refractivity contribution in [1.29, 1.82) is 0 Å². The molecule has 0 aliphatic heterocycles. The molecule has 0 saturated heterocycles. The van der Waals surface area contributed by atoms with Crippen LogP contribution in [0.1, 0.15) is 45.2 Å². The third-order valence-corrected chi connectivity index (χ3v) is 11.7. The van der Waals surface area contributed by atoms with Gasteiger partial charge in [-0.15, -0.1) is 0 Å². The van der Waals surface area contributed by atoms with Gasteiger partial charge in [-0.2, -0.15) is 9.97 Å². The fourth-order valence-electron chi connectivity index (χ4n) is 8.88. The van der Waals surface area contributed by atoms with Crippen molar-refractivity contribution in [3.8, 4) is 62.1 Å². The summed E-state index contributed by atoms with van der Waals surface area (Å²) in [4.78, 5) is 15.8. The summed E-state index contributed by atoms with van der Waals surface area (Å²) in [6.45, 7) is 8.93. The molecule has 2 aromatic heterocycles. The van der Waals surface area contributed by atoms with Gasteiger partial charge < -0.3 is 0 Å². The van der Waals surface area contributed by atoms with E-state index in [9.17, 15) is 0 Å². The zero-order valence-corrected chi connectivity index (χ0v) is 33.8. The fourth-order valence-corrected chi connectivity index (χ4v) is 8.88. The maximum absolute atomic E-state index is 5.36. The Labute approximate surface area is 345 Å². The lowest BCUT2D eigenvalue weighted by Gasteiger charge is -2.22. The molecule has 0 saturated carbocycles. The van der Waals surface area contributed by atoms with Crippen LogP contribution in [0.15, 0.2) is 182 Å². The third kappa shape index (κ3) is 6.11. The molecule has 284 valence electrons. The number of hydrogen-bond acceptors (Lipinski definition) is 3. The van der Waals surface area contributed by atoms with E-state index in [0.717, 1.165) is 60.4 Å². The Morgan fingerprint density at radius 3 is 1.68 bits per heavy atom. The highest BCUT2D eigenvalue weighted by molar-refractivity contribution is 6.21. The highest BCUT2D eigenvalue weighted by Crippen LogP contribution is 2.50. The Kier molecular flexibility index (Phi) is 8.98. The lowest BCUT2D eigenvalue weighted by molar-refractivity contribution is 0.660. The molecule has 0 atom stereocenters. The summed E-state index contributed by atoms with van der Waals surface area (Å²) in [7, 11) is 0. The highest BCUT2D eigenvalue weighted by Gasteiger charge is 2.35. The number of benzene rings is 8. The SMILES string of the molecule is CC1(C)c2ccccc2-c2ccc(-c3cccc4c5ccc6ccccc6c5n(-c5nc(-c6ccccc6)nc(-c6ccc(-c7ccccc7)cc6)n5)c34)cc21.CCC. The lowest BCUT2D eigenvalue weighted by atomic mass is 9.81. The van der Waals surface area contributed by atoms with E-state index in [0.29, 0.717) is 17.6 Å². The summed E-state index contributed by atoms with van der Waals surface area (Å²) < 4.78 is 2.30. The third-order valence-electron chi connectivity index (χ3n) is 11.7. The zero-order chi connectivity index (χ0) is 40.1. The molecule has 1 aliphatic rings. The van der Waals surface area contributed by atoms with Crippen molar-refractivity contribution in [2.24, 2.45) is 0 Å². The number of nitrogens with zero attached hydrogens (tertiary/aromatic N) is 4. The minimum atomic E-state index is -0.123. The molecular weight excluding hydrogens is 717 g/mol. The molecule has 0 N–H and O–H groups in total. The average molecular weight is 761 g/mol. The molecule has 1 aliphatic carbocycles. The number of para-hydroxylation sites is 1. The van der Waals surface area contributed by atoms with Crippen LogP contribution in [0, 0.1) is 0 Å². The lowest BCUT2D eigenvalue weighted by Crippen LogP contribution is -2.14. The maximum Gasteiger partial charge on any atom is 0.238 e. The van der Waals surface area contributed by atoms with Crippen LogP contribution in [0.4, 0.5) is 0 Å². The number of aromatic nitrogens is 4. The van der Waals surface area contributed by atoms with Gasteiger partial charge in [0.1, 0.15) is 0 Å². The van der Waals surface area contributed by atoms with E-state index in [-0.39, 0.29) is 5.41 Å². The quantitative estimate of drug-likeness (QED) is 0.175. The molecule has 8 aromatic carbocycles. The summed E-state index contributed by atoms with van der Waals surface area (Å²) in [5.41, 5.74) is 13.8. The fraction of sp³-hybridized carbons (Fsp3) is 0.109. The van der Waals surface area contributed by atoms with Crippen LogP contribution < -0.4 is 0 Å². The first kappa shape index (κ1) is 36.2. The van der Waals surface area contributed by atoms with Crippen LogP contribution in [0.3, 0.4) is 0 Å². The van der Waals surface area contributed by atoms with Crippen molar-refractivity contribution >= 4 is 32.6 Å². The number of fused-ring (bicyclic) bond motifs is 8. The predicted molar refractivity (Wildman–Crippen MR) is 247 cm³/mol. The molecule has 2 heterocycles. The van der Waals surface area contributed by atoms with Crippen molar-refractivity contribution in [3.63, 3.8) is 0 Å². The summed E-state index contributed by atoms with van der Waals surface area (Å²) >= 11 is 0. The Morgan fingerprint density at radius 2 is 0.932 bits per heavy atom. The largest absolute Gasteiger partial charge is 0.277 e. The molecular formula is C55H44N4. The van der Waals surface area contributed by atoms with E-state index in [4.69, 9.17) is 15.0 Å². The van der Waals surface area contributed by atoms with E-state index in [2.05, 4.69) is 190 Å². The summed E-state index contributed by atoms with van der Waals surface area (Å²) in [5.74, 6) is 1.83. The molecule has 0 spiro atoms. The maximum atomic E-state index is 5.36. The molecule has 0 bridgehead atoms. The van der Waals surface area contributed by atoms with E-state index in [1.54, 1.807) is 0 Å². The van der Waals surface area contributed by atoms with Gasteiger partial charge in [0, 0.05) is 38.3 Å². The van der Waals surface area contributed by atoms with Gasteiger partial charge in [0.15, 0.2) is 11.6 Å². The first-order valence-electron chi connectivity index (χ1n) is 20.6. The van der Waals surface area contributed by atoms with E-state index >= 15 is 0 Å². The van der Waals surface area contributed by atoms with Gasteiger partial charge in [-0.3, -0.25) is 4.57 Å². The average Bonchev–Trinajstić information content (AvgIpc) is 3.76. The summed E-state index contributed by atoms with van der Waals surface area (Å²) in [6.07, 6.45) is 1.25. The minimum Gasteiger partial charge on any atom is -0.277 e. The highest BCUT2D eigenvalue weighted by atomic mass is 15.2. The van der Waals surface area contributed by atoms with Gasteiger partial charge in [0.05, 0.1) is 11.0 Å². The molecule has 0 radical (unpaired) electrons. The Balaban J connectivity index is 0.00000136. The van der Waals surface area contributed by atoms with Gasteiger partial charge in [-0.25, -0.2) is 4.98 Å². The minimum absolute atomic E-state index is 0.123. The van der Waals surface area contributed by atoms with Crippen LogP contribution in [-0.4, -0.2) is 19.5 Å². The smallest absolute Gasteiger partial charge is 0.238 e. The van der Waals surface area contributed by atoms with Crippen molar-refractivity contribution in [2.75, 3.05) is 0 Å². The van der Waals surface area contributed by atoms with Crippen LogP contribution in [0.5, 0.6) is 0 Å². The van der Waals surface area contributed by atoms with E-state index < -0.39 is 0 Å². The Hall–Kier alpha value is -7.17. The van der Waals surface area contributed by atoms with Crippen molar-refractivity contribution in [3.05, 3.63) is 193 Å². The Morgan fingerprint density at radius 1 is 0.407 bits per heavy atom. The van der Waals surface area contributed by atoms with Gasteiger partial charge in [-0.05, 0) is 50.4 Å². The first-order valence-corrected chi connectivity index (χ1v) is 20.6. The van der Waals surface area contributed by atoms with Gasteiger partial charge in [0.25, 0.3) is 0 Å². The molecule has 4 heteroatoms.